The summed E-state index contributed by atoms with van der Waals surface area (Å²) in [5.41, 5.74) is 1.86. The standard InChI is InChI=1S/C20H18F2O3/c21-15-5-7-17(18(22)10-15)14-9-13-4-6-16(11-19(13)24-12-14)25-20-3-1-2-8-23-20/h4-7,9-11,20H,1-3,8,12H2. The molecule has 25 heavy (non-hydrogen) atoms. The summed E-state index contributed by atoms with van der Waals surface area (Å²) in [6, 6.07) is 9.10. The minimum absolute atomic E-state index is 0.213. The zero-order valence-corrected chi connectivity index (χ0v) is 13.6. The molecule has 2 aliphatic heterocycles. The lowest BCUT2D eigenvalue weighted by Crippen LogP contribution is -2.25. The van der Waals surface area contributed by atoms with Crippen LogP contribution in [-0.4, -0.2) is 19.5 Å². The Kier molecular flexibility index (Phi) is 4.40. The molecule has 2 aromatic carbocycles. The average molecular weight is 344 g/mol. The van der Waals surface area contributed by atoms with E-state index >= 15 is 0 Å². The Morgan fingerprint density at radius 2 is 1.96 bits per heavy atom. The lowest BCUT2D eigenvalue weighted by atomic mass is 10.0. The van der Waals surface area contributed by atoms with Gasteiger partial charge in [-0.15, -0.1) is 0 Å². The van der Waals surface area contributed by atoms with Crippen molar-refractivity contribution in [3.8, 4) is 11.5 Å². The second-order valence-corrected chi connectivity index (χ2v) is 6.20. The van der Waals surface area contributed by atoms with Crippen LogP contribution in [0.4, 0.5) is 8.78 Å². The summed E-state index contributed by atoms with van der Waals surface area (Å²) in [6.07, 6.45) is 4.69. The van der Waals surface area contributed by atoms with Crippen LogP contribution in [0.5, 0.6) is 11.5 Å². The third-order valence-corrected chi connectivity index (χ3v) is 4.38. The van der Waals surface area contributed by atoms with E-state index in [1.165, 1.54) is 12.1 Å². The Hall–Kier alpha value is -2.40. The van der Waals surface area contributed by atoms with Gasteiger partial charge in [0.25, 0.3) is 0 Å². The molecule has 4 rings (SSSR count). The third-order valence-electron chi connectivity index (χ3n) is 4.38. The quantitative estimate of drug-likeness (QED) is 0.800. The smallest absolute Gasteiger partial charge is 0.199 e. The normalized spacial score (nSPS) is 19.6. The van der Waals surface area contributed by atoms with Crippen molar-refractivity contribution < 1.29 is 23.0 Å². The molecule has 1 atom stereocenters. The van der Waals surface area contributed by atoms with Gasteiger partial charge in [-0.2, -0.15) is 0 Å². The van der Waals surface area contributed by atoms with Gasteiger partial charge in [0.05, 0.1) is 6.61 Å². The molecule has 0 aromatic heterocycles. The van der Waals surface area contributed by atoms with E-state index < -0.39 is 11.6 Å². The van der Waals surface area contributed by atoms with Gasteiger partial charge in [0.15, 0.2) is 6.29 Å². The minimum Gasteiger partial charge on any atom is -0.488 e. The Morgan fingerprint density at radius 1 is 1.04 bits per heavy atom. The fraction of sp³-hybridized carbons (Fsp3) is 0.300. The molecule has 2 aliphatic rings. The first-order valence-electron chi connectivity index (χ1n) is 8.40. The van der Waals surface area contributed by atoms with Crippen molar-refractivity contribution in [2.75, 3.05) is 13.2 Å². The van der Waals surface area contributed by atoms with Crippen molar-refractivity contribution in [1.82, 2.24) is 0 Å². The fourth-order valence-corrected chi connectivity index (χ4v) is 3.08. The Balaban J connectivity index is 1.56. The molecule has 2 heterocycles. The highest BCUT2D eigenvalue weighted by atomic mass is 19.1. The molecule has 0 aliphatic carbocycles. The highest BCUT2D eigenvalue weighted by Crippen LogP contribution is 2.34. The van der Waals surface area contributed by atoms with Crippen LogP contribution in [0.15, 0.2) is 36.4 Å². The van der Waals surface area contributed by atoms with Gasteiger partial charge < -0.3 is 14.2 Å². The summed E-state index contributed by atoms with van der Waals surface area (Å²) >= 11 is 0. The van der Waals surface area contributed by atoms with E-state index in [2.05, 4.69) is 0 Å². The summed E-state index contributed by atoms with van der Waals surface area (Å²) in [6.45, 7) is 0.945. The van der Waals surface area contributed by atoms with E-state index in [0.29, 0.717) is 22.6 Å². The van der Waals surface area contributed by atoms with Crippen molar-refractivity contribution in [3.63, 3.8) is 0 Å². The van der Waals surface area contributed by atoms with Crippen LogP contribution in [0, 0.1) is 11.6 Å². The highest BCUT2D eigenvalue weighted by Gasteiger charge is 2.19. The largest absolute Gasteiger partial charge is 0.488 e. The first-order chi connectivity index (χ1) is 12.2. The first-order valence-corrected chi connectivity index (χ1v) is 8.40. The van der Waals surface area contributed by atoms with Gasteiger partial charge in [-0.3, -0.25) is 0 Å². The van der Waals surface area contributed by atoms with Crippen LogP contribution in [0.1, 0.15) is 30.4 Å². The van der Waals surface area contributed by atoms with Crippen molar-refractivity contribution in [1.29, 1.82) is 0 Å². The molecule has 0 radical (unpaired) electrons. The molecular weight excluding hydrogens is 326 g/mol. The lowest BCUT2D eigenvalue weighted by Gasteiger charge is -2.24. The Labute approximate surface area is 144 Å². The minimum atomic E-state index is -0.592. The molecule has 0 saturated carbocycles. The van der Waals surface area contributed by atoms with E-state index in [1.807, 2.05) is 24.3 Å². The molecule has 3 nitrogen and oxygen atoms in total. The predicted octanol–water partition coefficient (Wildman–Crippen LogP) is 4.80. The number of benzene rings is 2. The van der Waals surface area contributed by atoms with Gasteiger partial charge in [0.2, 0.25) is 0 Å². The maximum Gasteiger partial charge on any atom is 0.199 e. The molecule has 0 amide bonds. The molecule has 1 saturated heterocycles. The van der Waals surface area contributed by atoms with Crippen LogP contribution < -0.4 is 9.47 Å². The molecule has 1 fully saturated rings. The zero-order chi connectivity index (χ0) is 17.2. The van der Waals surface area contributed by atoms with Gasteiger partial charge in [0, 0.05) is 35.3 Å². The van der Waals surface area contributed by atoms with Gasteiger partial charge in [-0.25, -0.2) is 8.78 Å². The van der Waals surface area contributed by atoms with Crippen molar-refractivity contribution in [2.45, 2.75) is 25.6 Å². The van der Waals surface area contributed by atoms with E-state index in [-0.39, 0.29) is 12.9 Å². The first kappa shape index (κ1) is 16.1. The summed E-state index contributed by atoms with van der Waals surface area (Å²) in [4.78, 5) is 0. The Bertz CT molecular complexity index is 811. The highest BCUT2D eigenvalue weighted by molar-refractivity contribution is 5.86. The summed E-state index contributed by atoms with van der Waals surface area (Å²) < 4.78 is 44.2. The zero-order valence-electron chi connectivity index (χ0n) is 13.6. The lowest BCUT2D eigenvalue weighted by molar-refractivity contribution is -0.105. The number of ether oxygens (including phenoxy) is 3. The molecule has 130 valence electrons. The molecule has 5 heteroatoms. The third kappa shape index (κ3) is 3.51. The average Bonchev–Trinajstić information content (AvgIpc) is 2.62. The van der Waals surface area contributed by atoms with Crippen LogP contribution >= 0.6 is 0 Å². The van der Waals surface area contributed by atoms with Gasteiger partial charge in [-0.05, 0) is 43.2 Å². The second-order valence-electron chi connectivity index (χ2n) is 6.20. The number of hydrogen-bond donors (Lipinski definition) is 0. The molecule has 0 spiro atoms. The molecule has 2 aromatic rings. The van der Waals surface area contributed by atoms with Gasteiger partial charge in [-0.1, -0.05) is 0 Å². The van der Waals surface area contributed by atoms with Crippen LogP contribution in [-0.2, 0) is 4.74 Å². The molecule has 1 unspecified atom stereocenters. The number of rotatable bonds is 3. The fourth-order valence-electron chi connectivity index (χ4n) is 3.08. The Morgan fingerprint density at radius 3 is 2.76 bits per heavy atom. The SMILES string of the molecule is Fc1ccc(C2=Cc3ccc(OC4CCCCO4)cc3OC2)c(F)c1. The van der Waals surface area contributed by atoms with E-state index in [1.54, 1.807) is 0 Å². The maximum absolute atomic E-state index is 14.0. The molecule has 0 N–H and O–H groups in total. The number of hydrogen-bond acceptors (Lipinski definition) is 3. The number of fused-ring (bicyclic) bond motifs is 1. The number of halogens is 2. The summed E-state index contributed by atoms with van der Waals surface area (Å²) in [5, 5.41) is 0. The van der Waals surface area contributed by atoms with Crippen LogP contribution in [0.3, 0.4) is 0 Å². The molecule has 0 bridgehead atoms. The predicted molar refractivity (Wildman–Crippen MR) is 90.4 cm³/mol. The van der Waals surface area contributed by atoms with E-state index in [0.717, 1.165) is 37.5 Å². The topological polar surface area (TPSA) is 27.7 Å². The van der Waals surface area contributed by atoms with Crippen molar-refractivity contribution >= 4 is 11.6 Å². The van der Waals surface area contributed by atoms with Crippen molar-refractivity contribution in [3.05, 3.63) is 59.2 Å². The maximum atomic E-state index is 14.0. The van der Waals surface area contributed by atoms with Gasteiger partial charge >= 0.3 is 0 Å². The monoisotopic (exact) mass is 344 g/mol. The van der Waals surface area contributed by atoms with Crippen LogP contribution in [0.25, 0.3) is 11.6 Å². The molecular formula is C20H18F2O3. The van der Waals surface area contributed by atoms with E-state index in [9.17, 15) is 8.78 Å². The second kappa shape index (κ2) is 6.84. The van der Waals surface area contributed by atoms with Crippen LogP contribution in [0.2, 0.25) is 0 Å². The van der Waals surface area contributed by atoms with Gasteiger partial charge in [0.1, 0.15) is 29.7 Å². The summed E-state index contributed by atoms with van der Waals surface area (Å²) in [7, 11) is 0. The van der Waals surface area contributed by atoms with E-state index in [4.69, 9.17) is 14.2 Å². The van der Waals surface area contributed by atoms with Crippen molar-refractivity contribution in [2.24, 2.45) is 0 Å². The summed E-state index contributed by atoms with van der Waals surface area (Å²) in [5.74, 6) is 0.188.